The smallest absolute Gasteiger partial charge is 0.250 e. The van der Waals surface area contributed by atoms with E-state index in [-0.39, 0.29) is 5.04 Å². The summed E-state index contributed by atoms with van der Waals surface area (Å²) >= 11 is 0. The van der Waals surface area contributed by atoms with Crippen LogP contribution in [0.1, 0.15) is 62.9 Å². The molecule has 0 amide bonds. The molecule has 1 aliphatic rings. The summed E-state index contributed by atoms with van der Waals surface area (Å²) in [6, 6.07) is 7.86. The molecule has 0 aliphatic heterocycles. The van der Waals surface area contributed by atoms with Crippen LogP contribution in [0.2, 0.25) is 18.1 Å². The molecule has 0 spiro atoms. The molecule has 1 aliphatic carbocycles. The lowest BCUT2D eigenvalue weighted by Gasteiger charge is -2.38. The van der Waals surface area contributed by atoms with E-state index in [1.165, 1.54) is 11.1 Å². The highest BCUT2D eigenvalue weighted by molar-refractivity contribution is 6.74. The minimum Gasteiger partial charge on any atom is -0.543 e. The Kier molecular flexibility index (Phi) is 6.12. The van der Waals surface area contributed by atoms with Gasteiger partial charge in [-0.05, 0) is 78.7 Å². The molecular weight excluding hydrogens is 336 g/mol. The van der Waals surface area contributed by atoms with Crippen LogP contribution in [0.4, 0.5) is 0 Å². The molecule has 3 heteroatoms. The molecule has 140 valence electrons. The minimum absolute atomic E-state index is 0.148. The summed E-state index contributed by atoms with van der Waals surface area (Å²) in [5.74, 6) is 0.942. The number of hydrogen-bond donors (Lipinski definition) is 0. The van der Waals surface area contributed by atoms with E-state index < -0.39 is 8.32 Å². The van der Waals surface area contributed by atoms with Gasteiger partial charge >= 0.3 is 0 Å². The van der Waals surface area contributed by atoms with Crippen molar-refractivity contribution < 1.29 is 9.22 Å². The predicted molar refractivity (Wildman–Crippen MR) is 114 cm³/mol. The van der Waals surface area contributed by atoms with Crippen LogP contribution in [0.5, 0.6) is 0 Å². The zero-order chi connectivity index (χ0) is 19.5. The maximum Gasteiger partial charge on any atom is 0.250 e. The third kappa shape index (κ3) is 4.64. The van der Waals surface area contributed by atoms with Crippen molar-refractivity contribution in [1.82, 2.24) is 0 Å². The summed E-state index contributed by atoms with van der Waals surface area (Å²) in [4.78, 5) is 11.1. The Morgan fingerprint density at radius 2 is 1.88 bits per heavy atom. The third-order valence-corrected chi connectivity index (χ3v) is 9.96. The Labute approximate surface area is 159 Å². The van der Waals surface area contributed by atoms with Crippen molar-refractivity contribution in [2.75, 3.05) is 0 Å². The van der Waals surface area contributed by atoms with E-state index in [1.54, 1.807) is 0 Å². The summed E-state index contributed by atoms with van der Waals surface area (Å²) in [5, 5.41) is 0.148. The molecular formula is C23H32O2Si. The number of aldehydes is 1. The lowest BCUT2D eigenvalue weighted by molar-refractivity contribution is 0.112. The molecule has 0 aromatic heterocycles. The molecule has 0 fully saturated rings. The maximum absolute atomic E-state index is 11.1. The third-order valence-electron chi connectivity index (χ3n) is 5.62. The number of benzene rings is 1. The highest BCUT2D eigenvalue weighted by Gasteiger charge is 2.39. The van der Waals surface area contributed by atoms with Gasteiger partial charge in [-0.15, -0.1) is 0 Å². The number of carbonyl (C=O) groups excluding carboxylic acids is 1. The fourth-order valence-corrected chi connectivity index (χ4v) is 3.95. The zero-order valence-corrected chi connectivity index (χ0v) is 18.1. The van der Waals surface area contributed by atoms with Gasteiger partial charge in [-0.3, -0.25) is 4.79 Å². The Morgan fingerprint density at radius 1 is 1.19 bits per heavy atom. The lowest BCUT2D eigenvalue weighted by Crippen LogP contribution is -2.40. The standard InChI is InChI=1S/C23H32O2Si/c1-17-10-8-13-21(20-12-9-11-19(15-20)16-24)18(2)14-22(17)25-26(6,7)23(3,4)5/h9,11-12,14-16H,1,8,10,13H2,2-7H3/b21-18+,22-14?. The molecule has 26 heavy (non-hydrogen) atoms. The fourth-order valence-electron chi connectivity index (χ4n) is 2.89. The van der Waals surface area contributed by atoms with Gasteiger partial charge in [0, 0.05) is 5.56 Å². The van der Waals surface area contributed by atoms with E-state index in [9.17, 15) is 4.79 Å². The second-order valence-electron chi connectivity index (χ2n) is 8.73. The summed E-state index contributed by atoms with van der Waals surface area (Å²) in [7, 11) is -1.92. The van der Waals surface area contributed by atoms with Crippen LogP contribution in [0.25, 0.3) is 5.57 Å². The van der Waals surface area contributed by atoms with Crippen LogP contribution in [-0.4, -0.2) is 14.6 Å². The molecule has 0 heterocycles. The van der Waals surface area contributed by atoms with Gasteiger partial charge in [-0.25, -0.2) is 0 Å². The maximum atomic E-state index is 11.1. The van der Waals surface area contributed by atoms with Gasteiger partial charge in [-0.1, -0.05) is 45.5 Å². The Hall–Kier alpha value is -1.87. The normalized spacial score (nSPS) is 19.5. The molecule has 0 N–H and O–H groups in total. The quantitative estimate of drug-likeness (QED) is 0.426. The molecule has 0 atom stereocenters. The van der Waals surface area contributed by atoms with Crippen LogP contribution in [0.3, 0.4) is 0 Å². The Bertz CT molecular complexity index is 761. The molecule has 1 aromatic rings. The van der Waals surface area contributed by atoms with E-state index in [4.69, 9.17) is 4.43 Å². The first-order valence-corrected chi connectivity index (χ1v) is 12.3. The highest BCUT2D eigenvalue weighted by Crippen LogP contribution is 2.40. The van der Waals surface area contributed by atoms with Gasteiger partial charge in [0.25, 0.3) is 0 Å². The molecule has 0 unspecified atom stereocenters. The average molecular weight is 369 g/mol. The van der Waals surface area contributed by atoms with Gasteiger partial charge in [0.1, 0.15) is 12.0 Å². The SMILES string of the molecule is C=C1CCC/C(c2cccc(C=O)c2)=C(/C)C=C1O[Si](C)(C)C(C)(C)C. The van der Waals surface area contributed by atoms with E-state index in [2.05, 4.69) is 59.5 Å². The average Bonchev–Trinajstić information content (AvgIpc) is 2.55. The van der Waals surface area contributed by atoms with Crippen molar-refractivity contribution in [2.45, 2.75) is 65.1 Å². The van der Waals surface area contributed by atoms with Crippen molar-refractivity contribution in [1.29, 1.82) is 0 Å². The van der Waals surface area contributed by atoms with Crippen LogP contribution >= 0.6 is 0 Å². The second-order valence-corrected chi connectivity index (χ2v) is 13.5. The monoisotopic (exact) mass is 368 g/mol. The first-order chi connectivity index (χ1) is 12.0. The minimum atomic E-state index is -1.92. The summed E-state index contributed by atoms with van der Waals surface area (Å²) < 4.78 is 6.60. The molecule has 2 rings (SSSR count). The van der Waals surface area contributed by atoms with Gasteiger partial charge in [-0.2, -0.15) is 0 Å². The van der Waals surface area contributed by atoms with E-state index >= 15 is 0 Å². The predicted octanol–water partition coefficient (Wildman–Crippen LogP) is 6.92. The van der Waals surface area contributed by atoms with Crippen molar-refractivity contribution in [2.24, 2.45) is 0 Å². The number of rotatable bonds is 4. The molecule has 0 saturated heterocycles. The number of hydrogen-bond acceptors (Lipinski definition) is 2. The van der Waals surface area contributed by atoms with Crippen molar-refractivity contribution in [3.05, 3.63) is 65.0 Å². The van der Waals surface area contributed by atoms with Gasteiger partial charge in [0.2, 0.25) is 8.32 Å². The fraction of sp³-hybridized carbons (Fsp3) is 0.435. The molecule has 1 aromatic carbocycles. The van der Waals surface area contributed by atoms with Crippen molar-refractivity contribution in [3.8, 4) is 0 Å². The molecule has 0 saturated carbocycles. The molecule has 0 radical (unpaired) electrons. The van der Waals surface area contributed by atoms with Gasteiger partial charge in [0.05, 0.1) is 0 Å². The van der Waals surface area contributed by atoms with Crippen LogP contribution < -0.4 is 0 Å². The second kappa shape index (κ2) is 7.79. The van der Waals surface area contributed by atoms with Crippen LogP contribution in [-0.2, 0) is 4.43 Å². The van der Waals surface area contributed by atoms with Crippen LogP contribution in [0.15, 0.2) is 53.8 Å². The zero-order valence-electron chi connectivity index (χ0n) is 17.1. The molecule has 0 bridgehead atoms. The van der Waals surface area contributed by atoms with Gasteiger partial charge in [0.15, 0.2) is 0 Å². The van der Waals surface area contributed by atoms with Crippen molar-refractivity contribution in [3.63, 3.8) is 0 Å². The summed E-state index contributed by atoms with van der Waals surface area (Å²) in [6.07, 6.45) is 6.02. The summed E-state index contributed by atoms with van der Waals surface area (Å²) in [5.41, 5.74) is 5.42. The first kappa shape index (κ1) is 20.4. The largest absolute Gasteiger partial charge is 0.543 e. The van der Waals surface area contributed by atoms with E-state index in [0.29, 0.717) is 0 Å². The van der Waals surface area contributed by atoms with Gasteiger partial charge < -0.3 is 4.43 Å². The van der Waals surface area contributed by atoms with Crippen molar-refractivity contribution >= 4 is 20.2 Å². The van der Waals surface area contributed by atoms with E-state index in [1.807, 2.05) is 18.2 Å². The molecule has 2 nitrogen and oxygen atoms in total. The first-order valence-electron chi connectivity index (χ1n) is 9.39. The lowest BCUT2D eigenvalue weighted by atomic mass is 9.90. The summed E-state index contributed by atoms with van der Waals surface area (Å²) in [6.45, 7) is 17.7. The number of carbonyl (C=O) groups is 1. The Balaban J connectivity index is 2.47. The van der Waals surface area contributed by atoms with Crippen LogP contribution in [0, 0.1) is 0 Å². The highest BCUT2D eigenvalue weighted by atomic mass is 28.4. The van der Waals surface area contributed by atoms with E-state index in [0.717, 1.165) is 48.0 Å². The number of allylic oxidation sites excluding steroid dienone is 4. The topological polar surface area (TPSA) is 26.3 Å². The Morgan fingerprint density at radius 3 is 2.50 bits per heavy atom.